The van der Waals surface area contributed by atoms with Gasteiger partial charge in [-0.25, -0.2) is 9.37 Å². The molecule has 0 unspecified atom stereocenters. The largest absolute Gasteiger partial charge is 0.328 e. The van der Waals surface area contributed by atoms with Crippen molar-refractivity contribution >= 4 is 5.78 Å². The molecule has 0 aliphatic heterocycles. The van der Waals surface area contributed by atoms with Gasteiger partial charge in [-0.1, -0.05) is 6.07 Å². The number of hydrogen-bond donors (Lipinski definition) is 0. The summed E-state index contributed by atoms with van der Waals surface area (Å²) < 4.78 is 15.4. The highest BCUT2D eigenvalue weighted by Crippen LogP contribution is 2.14. The Morgan fingerprint density at radius 2 is 2.24 bits per heavy atom. The average molecular weight is 232 g/mol. The van der Waals surface area contributed by atoms with Crippen molar-refractivity contribution in [1.82, 2.24) is 9.55 Å². The third-order valence-corrected chi connectivity index (χ3v) is 2.63. The van der Waals surface area contributed by atoms with E-state index in [1.807, 2.05) is 6.92 Å². The minimum Gasteiger partial charge on any atom is -0.328 e. The fourth-order valence-electron chi connectivity index (χ4n) is 1.70. The van der Waals surface area contributed by atoms with E-state index in [4.69, 9.17) is 0 Å². The molecule has 0 radical (unpaired) electrons. The molecule has 0 saturated carbocycles. The molecule has 3 nitrogen and oxygen atoms in total. The average Bonchev–Trinajstić information content (AvgIpc) is 2.76. The van der Waals surface area contributed by atoms with Crippen molar-refractivity contribution in [2.24, 2.45) is 0 Å². The second-order valence-corrected chi connectivity index (χ2v) is 3.85. The third-order valence-electron chi connectivity index (χ3n) is 2.63. The van der Waals surface area contributed by atoms with E-state index in [0.29, 0.717) is 6.54 Å². The maximum Gasteiger partial charge on any atom is 0.231 e. The van der Waals surface area contributed by atoms with Crippen LogP contribution >= 0.6 is 0 Å². The van der Waals surface area contributed by atoms with Gasteiger partial charge in [-0.05, 0) is 31.5 Å². The van der Waals surface area contributed by atoms with Crippen molar-refractivity contribution in [3.05, 3.63) is 53.4 Å². The Kier molecular flexibility index (Phi) is 3.04. The Morgan fingerprint density at radius 1 is 1.47 bits per heavy atom. The van der Waals surface area contributed by atoms with Crippen molar-refractivity contribution in [2.75, 3.05) is 0 Å². The number of carbonyl (C=O) groups excluding carboxylic acids is 1. The number of nitrogens with zero attached hydrogens (tertiary/aromatic N) is 2. The molecule has 0 saturated heterocycles. The number of ketones is 1. The molecule has 4 heteroatoms. The van der Waals surface area contributed by atoms with Gasteiger partial charge < -0.3 is 4.57 Å². The summed E-state index contributed by atoms with van der Waals surface area (Å²) in [7, 11) is 0. The molecule has 17 heavy (non-hydrogen) atoms. The molecule has 0 bridgehead atoms. The van der Waals surface area contributed by atoms with E-state index >= 15 is 0 Å². The van der Waals surface area contributed by atoms with Crippen LogP contribution in [0.1, 0.15) is 28.7 Å². The summed E-state index contributed by atoms with van der Waals surface area (Å²) in [5, 5.41) is 0. The number of aryl methyl sites for hydroxylation is 2. The molecular weight excluding hydrogens is 219 g/mol. The van der Waals surface area contributed by atoms with Gasteiger partial charge in [-0.2, -0.15) is 0 Å². The Morgan fingerprint density at radius 3 is 2.88 bits per heavy atom. The summed E-state index contributed by atoms with van der Waals surface area (Å²) >= 11 is 0. The lowest BCUT2D eigenvalue weighted by molar-refractivity contribution is 0.102. The van der Waals surface area contributed by atoms with Gasteiger partial charge in [0.05, 0.1) is 5.56 Å². The van der Waals surface area contributed by atoms with Crippen LogP contribution in [0.15, 0.2) is 30.6 Å². The SMILES string of the molecule is CCn1ccnc1C(=O)c1ccc(C)cc1F. The number of hydrogen-bond acceptors (Lipinski definition) is 2. The molecule has 0 atom stereocenters. The van der Waals surface area contributed by atoms with Crippen molar-refractivity contribution in [2.45, 2.75) is 20.4 Å². The van der Waals surface area contributed by atoms with Gasteiger partial charge in [0.25, 0.3) is 0 Å². The Bertz CT molecular complexity index is 560. The maximum atomic E-state index is 13.7. The summed E-state index contributed by atoms with van der Waals surface area (Å²) in [6.07, 6.45) is 3.25. The first-order valence-corrected chi connectivity index (χ1v) is 5.45. The second-order valence-electron chi connectivity index (χ2n) is 3.85. The van der Waals surface area contributed by atoms with Gasteiger partial charge in [-0.15, -0.1) is 0 Å². The van der Waals surface area contributed by atoms with E-state index in [9.17, 15) is 9.18 Å². The summed E-state index contributed by atoms with van der Waals surface area (Å²) in [4.78, 5) is 16.1. The van der Waals surface area contributed by atoms with Gasteiger partial charge in [0, 0.05) is 18.9 Å². The zero-order valence-electron chi connectivity index (χ0n) is 9.77. The molecular formula is C13H13FN2O. The molecule has 1 aromatic carbocycles. The number of halogens is 1. The molecule has 0 amide bonds. The van der Waals surface area contributed by atoms with Crippen LogP contribution in [0.3, 0.4) is 0 Å². The predicted octanol–water partition coefficient (Wildman–Crippen LogP) is 2.58. The first-order valence-electron chi connectivity index (χ1n) is 5.45. The number of imidazole rings is 1. The lowest BCUT2D eigenvalue weighted by atomic mass is 10.1. The third kappa shape index (κ3) is 2.11. The summed E-state index contributed by atoms with van der Waals surface area (Å²) in [6, 6.07) is 4.57. The molecule has 0 aliphatic rings. The number of benzene rings is 1. The van der Waals surface area contributed by atoms with Gasteiger partial charge in [0.2, 0.25) is 5.78 Å². The van der Waals surface area contributed by atoms with Crippen molar-refractivity contribution in [3.63, 3.8) is 0 Å². The molecule has 2 rings (SSSR count). The quantitative estimate of drug-likeness (QED) is 0.762. The first-order chi connectivity index (χ1) is 8.13. The van der Waals surface area contributed by atoms with E-state index in [1.54, 1.807) is 30.0 Å². The van der Waals surface area contributed by atoms with Crippen LogP contribution in [-0.4, -0.2) is 15.3 Å². The van der Waals surface area contributed by atoms with E-state index in [-0.39, 0.29) is 17.2 Å². The Balaban J connectivity index is 2.44. The zero-order chi connectivity index (χ0) is 12.4. The van der Waals surface area contributed by atoms with Crippen molar-refractivity contribution in [3.8, 4) is 0 Å². The van der Waals surface area contributed by atoms with Crippen LogP contribution in [-0.2, 0) is 6.54 Å². The molecule has 0 N–H and O–H groups in total. The lowest BCUT2D eigenvalue weighted by Gasteiger charge is -2.05. The minimum atomic E-state index is -0.499. The van der Waals surface area contributed by atoms with E-state index in [1.165, 1.54) is 12.1 Å². The highest BCUT2D eigenvalue weighted by molar-refractivity contribution is 6.06. The molecule has 0 spiro atoms. The minimum absolute atomic E-state index is 0.0662. The zero-order valence-corrected chi connectivity index (χ0v) is 9.77. The van der Waals surface area contributed by atoms with Crippen LogP contribution < -0.4 is 0 Å². The molecule has 0 aliphatic carbocycles. The highest BCUT2D eigenvalue weighted by Gasteiger charge is 2.18. The fourth-order valence-corrected chi connectivity index (χ4v) is 1.70. The summed E-state index contributed by atoms with van der Waals surface area (Å²) in [5.41, 5.74) is 0.856. The van der Waals surface area contributed by atoms with E-state index in [0.717, 1.165) is 5.56 Å². The van der Waals surface area contributed by atoms with Gasteiger partial charge >= 0.3 is 0 Å². The number of carbonyl (C=O) groups is 1. The van der Waals surface area contributed by atoms with Crippen LogP contribution in [0.5, 0.6) is 0 Å². The summed E-state index contributed by atoms with van der Waals surface area (Å²) in [5.74, 6) is -0.606. The van der Waals surface area contributed by atoms with Crippen LogP contribution in [0.2, 0.25) is 0 Å². The van der Waals surface area contributed by atoms with Gasteiger partial charge in [0.15, 0.2) is 5.82 Å². The van der Waals surface area contributed by atoms with Crippen LogP contribution in [0, 0.1) is 12.7 Å². The molecule has 2 aromatic rings. The topological polar surface area (TPSA) is 34.9 Å². The number of aromatic nitrogens is 2. The Labute approximate surface area is 98.9 Å². The first kappa shape index (κ1) is 11.5. The van der Waals surface area contributed by atoms with Crippen molar-refractivity contribution in [1.29, 1.82) is 0 Å². The molecule has 1 heterocycles. The molecule has 88 valence electrons. The van der Waals surface area contributed by atoms with Crippen LogP contribution in [0.25, 0.3) is 0 Å². The van der Waals surface area contributed by atoms with E-state index < -0.39 is 5.82 Å². The lowest BCUT2D eigenvalue weighted by Crippen LogP contribution is -2.12. The van der Waals surface area contributed by atoms with Gasteiger partial charge in [0.1, 0.15) is 5.82 Å². The fraction of sp³-hybridized carbons (Fsp3) is 0.231. The summed E-state index contributed by atoms with van der Waals surface area (Å²) in [6.45, 7) is 4.32. The normalized spacial score (nSPS) is 10.5. The van der Waals surface area contributed by atoms with Crippen LogP contribution in [0.4, 0.5) is 4.39 Å². The predicted molar refractivity (Wildman–Crippen MR) is 62.5 cm³/mol. The smallest absolute Gasteiger partial charge is 0.231 e. The molecule has 1 aromatic heterocycles. The van der Waals surface area contributed by atoms with Crippen molar-refractivity contribution < 1.29 is 9.18 Å². The highest BCUT2D eigenvalue weighted by atomic mass is 19.1. The second kappa shape index (κ2) is 4.49. The van der Waals surface area contributed by atoms with E-state index in [2.05, 4.69) is 4.98 Å². The monoisotopic (exact) mass is 232 g/mol. The molecule has 0 fully saturated rings. The standard InChI is InChI=1S/C13H13FN2O/c1-3-16-7-6-15-13(16)12(17)10-5-4-9(2)8-11(10)14/h4-8H,3H2,1-2H3. The van der Waals surface area contributed by atoms with Gasteiger partial charge in [-0.3, -0.25) is 4.79 Å². The maximum absolute atomic E-state index is 13.7. The Hall–Kier alpha value is -1.97. The number of rotatable bonds is 3.